The van der Waals surface area contributed by atoms with Crippen LogP contribution in [-0.2, 0) is 17.8 Å². The molecule has 14 heteroatoms. The Balaban J connectivity index is 1.41. The maximum Gasteiger partial charge on any atom is 0.270 e. The molecule has 38 heavy (non-hydrogen) atoms. The molecule has 0 bridgehead atoms. The molecule has 4 heterocycles. The summed E-state index contributed by atoms with van der Waals surface area (Å²) in [5, 5.41) is 13.7. The number of hydrogen-bond donors (Lipinski definition) is 2. The van der Waals surface area contributed by atoms with Crippen LogP contribution in [0.15, 0.2) is 24.7 Å². The first-order valence-electron chi connectivity index (χ1n) is 12.6. The summed E-state index contributed by atoms with van der Waals surface area (Å²) in [6.45, 7) is 1.64. The van der Waals surface area contributed by atoms with Gasteiger partial charge in [0, 0.05) is 44.3 Å². The van der Waals surface area contributed by atoms with Crippen LogP contribution in [0.2, 0.25) is 0 Å². The smallest absolute Gasteiger partial charge is 0.270 e. The van der Waals surface area contributed by atoms with E-state index in [2.05, 4.69) is 30.8 Å². The molecule has 2 atom stereocenters. The summed E-state index contributed by atoms with van der Waals surface area (Å²) < 4.78 is 58.3. The number of piperidine rings is 1. The van der Waals surface area contributed by atoms with Gasteiger partial charge in [0.15, 0.2) is 0 Å². The molecular formula is C24H28F4N8O2. The van der Waals surface area contributed by atoms with Gasteiger partial charge in [-0.2, -0.15) is 10.2 Å². The van der Waals surface area contributed by atoms with Gasteiger partial charge in [-0.15, -0.1) is 0 Å². The fourth-order valence-electron chi connectivity index (χ4n) is 5.21. The Kier molecular flexibility index (Phi) is 6.82. The Hall–Kier alpha value is -3.58. The van der Waals surface area contributed by atoms with Gasteiger partial charge < -0.3 is 10.6 Å². The van der Waals surface area contributed by atoms with Crippen LogP contribution in [0.25, 0.3) is 5.78 Å². The minimum atomic E-state index is -2.99. The summed E-state index contributed by atoms with van der Waals surface area (Å²) in [6.07, 6.45) is 3.62. The third kappa shape index (κ3) is 5.48. The van der Waals surface area contributed by atoms with Gasteiger partial charge in [-0.1, -0.05) is 0 Å². The van der Waals surface area contributed by atoms with Gasteiger partial charge in [0.25, 0.3) is 17.6 Å². The van der Waals surface area contributed by atoms with Crippen molar-refractivity contribution in [3.8, 4) is 0 Å². The summed E-state index contributed by atoms with van der Waals surface area (Å²) in [5.74, 6) is -7.66. The molecule has 2 amide bonds. The lowest BCUT2D eigenvalue weighted by Crippen LogP contribution is -2.48. The second-order valence-electron chi connectivity index (χ2n) is 10.0. The first kappa shape index (κ1) is 26.0. The van der Waals surface area contributed by atoms with Crippen molar-refractivity contribution in [1.29, 1.82) is 0 Å². The van der Waals surface area contributed by atoms with Crippen LogP contribution in [0.4, 0.5) is 17.6 Å². The molecule has 1 aliphatic heterocycles. The SMILES string of the molecule is CCn1nccc1C(=O)N[C@H](c1cn2nc(CC3CC(F)(F)CNC3=O)cnc2n1)C1CCC(F)(F)CC1. The van der Waals surface area contributed by atoms with E-state index >= 15 is 0 Å². The van der Waals surface area contributed by atoms with Gasteiger partial charge in [0.05, 0.1) is 36.4 Å². The molecule has 0 radical (unpaired) electrons. The van der Waals surface area contributed by atoms with Crippen LogP contribution < -0.4 is 10.6 Å². The first-order valence-corrected chi connectivity index (χ1v) is 12.6. The second-order valence-corrected chi connectivity index (χ2v) is 10.0. The number of halogens is 4. The molecule has 5 rings (SSSR count). The Labute approximate surface area is 215 Å². The van der Waals surface area contributed by atoms with Crippen molar-refractivity contribution in [2.24, 2.45) is 11.8 Å². The van der Waals surface area contributed by atoms with Crippen LogP contribution >= 0.6 is 0 Å². The predicted octanol–water partition coefficient (Wildman–Crippen LogP) is 2.95. The Morgan fingerprint density at radius 1 is 1.24 bits per heavy atom. The molecule has 1 aliphatic carbocycles. The standard InChI is InChI=1S/C24H28F4N8O2/c1-2-35-18(5-8-31-35)21(38)33-19(14-3-6-23(25,26)7-4-14)17-12-36-22(32-17)29-11-16(34-36)9-15-10-24(27,28)13-30-20(15)37/h5,8,11-12,14-15,19H,2-4,6-7,9-10,13H2,1H3,(H,30,37)(H,33,38)/t15?,19-/m0/s1. The minimum absolute atomic E-state index is 0.0310. The molecule has 2 aliphatic rings. The van der Waals surface area contributed by atoms with Crippen molar-refractivity contribution in [1.82, 2.24) is 40.0 Å². The number of rotatable bonds is 7. The topological polar surface area (TPSA) is 119 Å². The van der Waals surface area contributed by atoms with Gasteiger partial charge in [0.1, 0.15) is 5.69 Å². The number of carbonyl (C=O) groups is 2. The van der Waals surface area contributed by atoms with Gasteiger partial charge in [-0.05, 0) is 31.7 Å². The molecule has 1 saturated carbocycles. The summed E-state index contributed by atoms with van der Waals surface area (Å²) in [6, 6.07) is 0.892. The molecule has 2 fully saturated rings. The van der Waals surface area contributed by atoms with Crippen LogP contribution in [-0.4, -0.2) is 59.6 Å². The van der Waals surface area contributed by atoms with Crippen molar-refractivity contribution >= 4 is 17.6 Å². The van der Waals surface area contributed by atoms with Crippen LogP contribution in [0.3, 0.4) is 0 Å². The summed E-state index contributed by atoms with van der Waals surface area (Å²) in [5.41, 5.74) is 1.06. The largest absolute Gasteiger partial charge is 0.350 e. The fraction of sp³-hybridized carbons (Fsp3) is 0.583. The second kappa shape index (κ2) is 9.95. The highest BCUT2D eigenvalue weighted by atomic mass is 19.3. The van der Waals surface area contributed by atoms with E-state index in [1.807, 2.05) is 6.92 Å². The summed E-state index contributed by atoms with van der Waals surface area (Å²) >= 11 is 0. The van der Waals surface area contributed by atoms with Gasteiger partial charge >= 0.3 is 0 Å². The molecule has 3 aromatic heterocycles. The van der Waals surface area contributed by atoms with Crippen molar-refractivity contribution < 1.29 is 27.2 Å². The molecular weight excluding hydrogens is 508 g/mol. The van der Waals surface area contributed by atoms with Crippen molar-refractivity contribution in [2.45, 2.75) is 69.9 Å². The monoisotopic (exact) mass is 536 g/mol. The molecule has 10 nitrogen and oxygen atoms in total. The predicted molar refractivity (Wildman–Crippen MR) is 126 cm³/mol. The highest BCUT2D eigenvalue weighted by Crippen LogP contribution is 2.41. The number of nitrogens with one attached hydrogen (secondary N) is 2. The van der Waals surface area contributed by atoms with E-state index in [0.717, 1.165) is 0 Å². The number of aryl methyl sites for hydroxylation is 1. The van der Waals surface area contributed by atoms with Crippen LogP contribution in [0.1, 0.15) is 66.9 Å². The normalized spacial score (nSPS) is 22.2. The Morgan fingerprint density at radius 3 is 2.74 bits per heavy atom. The van der Waals surface area contributed by atoms with E-state index in [4.69, 9.17) is 0 Å². The zero-order valence-corrected chi connectivity index (χ0v) is 20.7. The number of amides is 2. The number of nitrogens with zero attached hydrogens (tertiary/aromatic N) is 6. The molecule has 3 aromatic rings. The summed E-state index contributed by atoms with van der Waals surface area (Å²) in [4.78, 5) is 34.0. The van der Waals surface area contributed by atoms with Crippen molar-refractivity contribution in [3.63, 3.8) is 0 Å². The van der Waals surface area contributed by atoms with E-state index in [9.17, 15) is 27.2 Å². The number of fused-ring (bicyclic) bond motifs is 1. The highest BCUT2D eigenvalue weighted by Gasteiger charge is 2.41. The van der Waals surface area contributed by atoms with E-state index in [-0.39, 0.29) is 43.8 Å². The third-order valence-electron chi connectivity index (χ3n) is 7.23. The highest BCUT2D eigenvalue weighted by molar-refractivity contribution is 5.92. The van der Waals surface area contributed by atoms with Gasteiger partial charge in [0.2, 0.25) is 11.8 Å². The Bertz CT molecular complexity index is 1330. The molecule has 0 spiro atoms. The average molecular weight is 537 g/mol. The van der Waals surface area contributed by atoms with Crippen LogP contribution in [0, 0.1) is 11.8 Å². The number of carbonyl (C=O) groups excluding carboxylic acids is 2. The number of alkyl halides is 4. The van der Waals surface area contributed by atoms with E-state index in [1.54, 1.807) is 12.3 Å². The lowest BCUT2D eigenvalue weighted by molar-refractivity contribution is -0.136. The average Bonchev–Trinajstić information content (AvgIpc) is 3.51. The minimum Gasteiger partial charge on any atom is -0.350 e. The van der Waals surface area contributed by atoms with E-state index in [0.29, 0.717) is 23.6 Å². The van der Waals surface area contributed by atoms with Crippen molar-refractivity contribution in [2.75, 3.05) is 6.54 Å². The maximum atomic E-state index is 13.9. The molecule has 1 saturated heterocycles. The fourth-order valence-corrected chi connectivity index (χ4v) is 5.21. The quantitative estimate of drug-likeness (QED) is 0.449. The summed E-state index contributed by atoms with van der Waals surface area (Å²) in [7, 11) is 0. The maximum absolute atomic E-state index is 13.9. The first-order chi connectivity index (χ1) is 18.0. The van der Waals surface area contributed by atoms with Crippen LogP contribution in [0.5, 0.6) is 0 Å². The van der Waals surface area contributed by atoms with E-state index < -0.39 is 48.6 Å². The molecule has 1 unspecified atom stereocenters. The molecule has 2 N–H and O–H groups in total. The van der Waals surface area contributed by atoms with E-state index in [1.165, 1.54) is 21.6 Å². The zero-order chi connectivity index (χ0) is 27.1. The van der Waals surface area contributed by atoms with Crippen molar-refractivity contribution in [3.05, 3.63) is 41.7 Å². The number of imidazole rings is 1. The molecule has 0 aromatic carbocycles. The lowest BCUT2D eigenvalue weighted by atomic mass is 9.81. The number of aromatic nitrogens is 6. The third-order valence-corrected chi connectivity index (χ3v) is 7.23. The van der Waals surface area contributed by atoms with Gasteiger partial charge in [-0.3, -0.25) is 14.3 Å². The lowest BCUT2D eigenvalue weighted by Gasteiger charge is -2.33. The van der Waals surface area contributed by atoms with Gasteiger partial charge in [-0.25, -0.2) is 32.0 Å². The number of hydrogen-bond acceptors (Lipinski definition) is 6. The zero-order valence-electron chi connectivity index (χ0n) is 20.7. The Morgan fingerprint density at radius 2 is 2.00 bits per heavy atom. The molecule has 204 valence electrons.